The summed E-state index contributed by atoms with van der Waals surface area (Å²) < 4.78 is 2.28. The lowest BCUT2D eigenvalue weighted by molar-refractivity contribution is 0.790. The first kappa shape index (κ1) is 11.7. The molecule has 0 aliphatic carbocycles. The van der Waals surface area contributed by atoms with E-state index >= 15 is 0 Å². The van der Waals surface area contributed by atoms with Gasteiger partial charge >= 0.3 is 0 Å². The van der Waals surface area contributed by atoms with Crippen molar-refractivity contribution in [1.82, 2.24) is 4.57 Å². The van der Waals surface area contributed by atoms with E-state index in [1.165, 1.54) is 22.2 Å². The van der Waals surface area contributed by atoms with Crippen LogP contribution < -0.4 is 0 Å². The summed E-state index contributed by atoms with van der Waals surface area (Å²) in [4.78, 5) is 0. The molecular weight excluding hydrogens is 208 g/mol. The van der Waals surface area contributed by atoms with Crippen LogP contribution >= 0.6 is 0 Å². The van der Waals surface area contributed by atoms with Crippen LogP contribution in [0.1, 0.15) is 37.1 Å². The molecule has 0 radical (unpaired) electrons. The van der Waals surface area contributed by atoms with E-state index in [1.807, 2.05) is 12.1 Å². The lowest BCUT2D eigenvalue weighted by atomic mass is 10.0. The van der Waals surface area contributed by atoms with Crippen LogP contribution in [0, 0.1) is 11.3 Å². The largest absolute Gasteiger partial charge is 0.347 e. The number of benzene rings is 1. The van der Waals surface area contributed by atoms with E-state index in [0.29, 0.717) is 0 Å². The molecule has 88 valence electrons. The highest BCUT2D eigenvalue weighted by molar-refractivity contribution is 5.86. The molecule has 1 heterocycles. The van der Waals surface area contributed by atoms with Gasteiger partial charge in [-0.1, -0.05) is 20.3 Å². The minimum Gasteiger partial charge on any atom is -0.347 e. The highest BCUT2D eigenvalue weighted by Gasteiger charge is 2.13. The third-order valence-electron chi connectivity index (χ3n) is 3.41. The lowest BCUT2D eigenvalue weighted by Crippen LogP contribution is -1.98. The van der Waals surface area contributed by atoms with Crippen LogP contribution in [0.25, 0.3) is 10.9 Å². The molecule has 2 heteroatoms. The zero-order chi connectivity index (χ0) is 12.4. The number of fused-ring (bicyclic) bond motifs is 1. The summed E-state index contributed by atoms with van der Waals surface area (Å²) >= 11 is 0. The van der Waals surface area contributed by atoms with Gasteiger partial charge < -0.3 is 4.57 Å². The van der Waals surface area contributed by atoms with Gasteiger partial charge in [0.25, 0.3) is 0 Å². The Balaban J connectivity index is 2.75. The third kappa shape index (κ3) is 1.82. The fraction of sp³-hybridized carbons (Fsp3) is 0.400. The molecule has 2 rings (SSSR count). The molecule has 0 amide bonds. The molecule has 17 heavy (non-hydrogen) atoms. The van der Waals surface area contributed by atoms with Gasteiger partial charge in [-0.3, -0.25) is 0 Å². The fourth-order valence-corrected chi connectivity index (χ4v) is 2.59. The second-order valence-electron chi connectivity index (χ2n) is 4.43. The summed E-state index contributed by atoms with van der Waals surface area (Å²) in [7, 11) is 2.12. The van der Waals surface area contributed by atoms with E-state index in [2.05, 4.69) is 37.6 Å². The zero-order valence-electron chi connectivity index (χ0n) is 10.7. The van der Waals surface area contributed by atoms with Crippen LogP contribution in [0.5, 0.6) is 0 Å². The van der Waals surface area contributed by atoms with Gasteiger partial charge in [0.05, 0.1) is 11.6 Å². The summed E-state index contributed by atoms with van der Waals surface area (Å²) in [5, 5.41) is 10.2. The highest BCUT2D eigenvalue weighted by Crippen LogP contribution is 2.27. The van der Waals surface area contributed by atoms with Crippen LogP contribution in [-0.4, -0.2) is 4.57 Å². The van der Waals surface area contributed by atoms with Gasteiger partial charge in [-0.05, 0) is 36.6 Å². The fourth-order valence-electron chi connectivity index (χ4n) is 2.59. The molecule has 0 atom stereocenters. The van der Waals surface area contributed by atoms with Gasteiger partial charge in [-0.25, -0.2) is 0 Å². The summed E-state index contributed by atoms with van der Waals surface area (Å²) in [5.41, 5.74) is 4.81. The standard InChI is InChI=1S/C15H18N2/c1-4-6-14-12(5-2)13-9-11(10-16)7-8-15(13)17(14)3/h7-9H,4-6H2,1-3H3. The summed E-state index contributed by atoms with van der Waals surface area (Å²) in [6, 6.07) is 8.21. The molecule has 0 spiro atoms. The number of nitrogens with zero attached hydrogens (tertiary/aromatic N) is 2. The highest BCUT2D eigenvalue weighted by atomic mass is 14.9. The van der Waals surface area contributed by atoms with Gasteiger partial charge in [-0.15, -0.1) is 0 Å². The van der Waals surface area contributed by atoms with Crippen molar-refractivity contribution in [3.05, 3.63) is 35.0 Å². The first-order valence-corrected chi connectivity index (χ1v) is 6.23. The molecule has 0 fully saturated rings. The minimum absolute atomic E-state index is 0.751. The Morgan fingerprint density at radius 1 is 1.29 bits per heavy atom. The summed E-state index contributed by atoms with van der Waals surface area (Å²) in [5.74, 6) is 0. The maximum Gasteiger partial charge on any atom is 0.0991 e. The van der Waals surface area contributed by atoms with Crippen molar-refractivity contribution < 1.29 is 0 Å². The first-order valence-electron chi connectivity index (χ1n) is 6.23. The van der Waals surface area contributed by atoms with Gasteiger partial charge in [0.1, 0.15) is 0 Å². The average Bonchev–Trinajstić information content (AvgIpc) is 2.62. The smallest absolute Gasteiger partial charge is 0.0991 e. The molecule has 1 aromatic carbocycles. The van der Waals surface area contributed by atoms with Crippen molar-refractivity contribution in [2.24, 2.45) is 7.05 Å². The molecule has 0 unspecified atom stereocenters. The number of hydrogen-bond acceptors (Lipinski definition) is 1. The number of rotatable bonds is 3. The van der Waals surface area contributed by atoms with Crippen LogP contribution in [0.15, 0.2) is 18.2 Å². The van der Waals surface area contributed by atoms with Crippen LogP contribution in [0.2, 0.25) is 0 Å². The predicted molar refractivity (Wildman–Crippen MR) is 71.0 cm³/mol. The molecule has 1 aromatic heterocycles. The normalized spacial score (nSPS) is 10.7. The Kier molecular flexibility index (Phi) is 3.19. The Bertz CT molecular complexity index is 585. The molecule has 2 aromatic rings. The average molecular weight is 226 g/mol. The minimum atomic E-state index is 0.751. The molecule has 0 aliphatic heterocycles. The van der Waals surface area contributed by atoms with E-state index in [-0.39, 0.29) is 0 Å². The molecular formula is C15H18N2. The molecule has 0 saturated heterocycles. The Labute approximate surface area is 102 Å². The van der Waals surface area contributed by atoms with Crippen molar-refractivity contribution in [3.8, 4) is 6.07 Å². The topological polar surface area (TPSA) is 28.7 Å². The van der Waals surface area contributed by atoms with Crippen LogP contribution in [-0.2, 0) is 19.9 Å². The van der Waals surface area contributed by atoms with Gasteiger partial charge in [0.2, 0.25) is 0 Å². The maximum absolute atomic E-state index is 8.98. The van der Waals surface area contributed by atoms with E-state index in [9.17, 15) is 0 Å². The third-order valence-corrected chi connectivity index (χ3v) is 3.41. The van der Waals surface area contributed by atoms with Crippen molar-refractivity contribution in [2.75, 3.05) is 0 Å². The summed E-state index contributed by atoms with van der Waals surface area (Å²) in [6.07, 6.45) is 3.29. The van der Waals surface area contributed by atoms with E-state index < -0.39 is 0 Å². The molecule has 0 bridgehead atoms. The van der Waals surface area contributed by atoms with Gasteiger partial charge in [0.15, 0.2) is 0 Å². The van der Waals surface area contributed by atoms with Crippen LogP contribution in [0.4, 0.5) is 0 Å². The molecule has 2 nitrogen and oxygen atoms in total. The quantitative estimate of drug-likeness (QED) is 0.786. The van der Waals surface area contributed by atoms with Crippen molar-refractivity contribution in [1.29, 1.82) is 5.26 Å². The van der Waals surface area contributed by atoms with Crippen molar-refractivity contribution >= 4 is 10.9 Å². The number of aromatic nitrogens is 1. The Morgan fingerprint density at radius 3 is 2.65 bits per heavy atom. The van der Waals surface area contributed by atoms with E-state index in [0.717, 1.165) is 24.8 Å². The SMILES string of the molecule is CCCc1c(CC)c2cc(C#N)ccc2n1C. The second kappa shape index (κ2) is 4.63. The number of nitriles is 1. The van der Waals surface area contributed by atoms with E-state index in [1.54, 1.807) is 0 Å². The first-order chi connectivity index (χ1) is 8.22. The van der Waals surface area contributed by atoms with Crippen LogP contribution in [0.3, 0.4) is 0 Å². The molecule has 0 aliphatic rings. The summed E-state index contributed by atoms with van der Waals surface area (Å²) in [6.45, 7) is 4.39. The number of aryl methyl sites for hydroxylation is 2. The molecule has 0 N–H and O–H groups in total. The Morgan fingerprint density at radius 2 is 2.06 bits per heavy atom. The Hall–Kier alpha value is -1.75. The van der Waals surface area contributed by atoms with Gasteiger partial charge in [-0.2, -0.15) is 5.26 Å². The maximum atomic E-state index is 8.98. The van der Waals surface area contributed by atoms with Crippen molar-refractivity contribution in [3.63, 3.8) is 0 Å². The second-order valence-corrected chi connectivity index (χ2v) is 4.43. The monoisotopic (exact) mass is 226 g/mol. The van der Waals surface area contributed by atoms with E-state index in [4.69, 9.17) is 5.26 Å². The van der Waals surface area contributed by atoms with Crippen molar-refractivity contribution in [2.45, 2.75) is 33.1 Å². The number of hydrogen-bond donors (Lipinski definition) is 0. The zero-order valence-corrected chi connectivity index (χ0v) is 10.7. The lowest BCUT2D eigenvalue weighted by Gasteiger charge is -2.04. The predicted octanol–water partition coefficient (Wildman–Crippen LogP) is 3.56. The van der Waals surface area contributed by atoms with Gasteiger partial charge in [0, 0.05) is 23.6 Å². The molecule has 0 saturated carbocycles.